The molecule has 0 aliphatic carbocycles. The third-order valence-electron chi connectivity index (χ3n) is 5.28. The van der Waals surface area contributed by atoms with Crippen LogP contribution in [0, 0.1) is 0 Å². The minimum atomic E-state index is -0.131. The number of hydrogen-bond acceptors (Lipinski definition) is 4. The van der Waals surface area contributed by atoms with Crippen LogP contribution in [-0.4, -0.2) is 42.4 Å². The lowest BCUT2D eigenvalue weighted by Crippen LogP contribution is -2.51. The van der Waals surface area contributed by atoms with E-state index in [1.807, 2.05) is 42.5 Å². The van der Waals surface area contributed by atoms with Crippen molar-refractivity contribution >= 4 is 5.91 Å². The van der Waals surface area contributed by atoms with E-state index >= 15 is 0 Å². The second kappa shape index (κ2) is 7.56. The van der Waals surface area contributed by atoms with Gasteiger partial charge in [0.05, 0.1) is 11.3 Å². The molecule has 1 N–H and O–H groups in total. The van der Waals surface area contributed by atoms with Gasteiger partial charge < -0.3 is 14.8 Å². The summed E-state index contributed by atoms with van der Waals surface area (Å²) in [6.07, 6.45) is 3.50. The van der Waals surface area contributed by atoms with Crippen LogP contribution in [0.1, 0.15) is 36.2 Å². The summed E-state index contributed by atoms with van der Waals surface area (Å²) < 4.78 is 11.5. The van der Waals surface area contributed by atoms with E-state index in [-0.39, 0.29) is 17.6 Å². The number of hydrogen-bond donors (Lipinski definition) is 1. The molecule has 0 saturated carbocycles. The van der Waals surface area contributed by atoms with Gasteiger partial charge in [0.15, 0.2) is 0 Å². The lowest BCUT2D eigenvalue weighted by atomic mass is 9.84. The highest BCUT2D eigenvalue weighted by atomic mass is 16.5. The Kier molecular flexibility index (Phi) is 5.00. The fraction of sp³-hybridized carbons (Fsp3) is 0.429. The number of ether oxygens (including phenoxy) is 2. The zero-order chi connectivity index (χ0) is 17.8. The highest BCUT2D eigenvalue weighted by molar-refractivity contribution is 5.93. The maximum Gasteiger partial charge on any atom is 0.270 e. The Morgan fingerprint density at radius 2 is 1.85 bits per heavy atom. The average Bonchev–Trinajstić information content (AvgIpc) is 2.69. The molecule has 2 fully saturated rings. The number of nitrogens with zero attached hydrogens (tertiary/aromatic N) is 1. The van der Waals surface area contributed by atoms with Crippen molar-refractivity contribution in [2.75, 3.05) is 19.8 Å². The van der Waals surface area contributed by atoms with Gasteiger partial charge in [-0.3, -0.25) is 4.79 Å². The van der Waals surface area contributed by atoms with Crippen LogP contribution in [0.4, 0.5) is 0 Å². The smallest absolute Gasteiger partial charge is 0.270 e. The summed E-state index contributed by atoms with van der Waals surface area (Å²) in [7, 11) is 0. The summed E-state index contributed by atoms with van der Waals surface area (Å²) >= 11 is 0. The molecule has 2 saturated heterocycles. The number of aromatic nitrogens is 1. The van der Waals surface area contributed by atoms with Crippen molar-refractivity contribution < 1.29 is 14.3 Å². The van der Waals surface area contributed by atoms with Gasteiger partial charge in [-0.1, -0.05) is 36.4 Å². The van der Waals surface area contributed by atoms with Crippen LogP contribution in [-0.2, 0) is 9.47 Å². The zero-order valence-corrected chi connectivity index (χ0v) is 14.8. The molecule has 1 amide bonds. The van der Waals surface area contributed by atoms with Gasteiger partial charge in [-0.05, 0) is 37.8 Å². The summed E-state index contributed by atoms with van der Waals surface area (Å²) in [5.41, 5.74) is 2.15. The van der Waals surface area contributed by atoms with Crippen LogP contribution >= 0.6 is 0 Å². The number of amides is 1. The molecule has 3 heterocycles. The van der Waals surface area contributed by atoms with E-state index < -0.39 is 0 Å². The predicted molar refractivity (Wildman–Crippen MR) is 98.9 cm³/mol. The molecule has 1 atom stereocenters. The van der Waals surface area contributed by atoms with Gasteiger partial charge in [0.1, 0.15) is 5.69 Å². The van der Waals surface area contributed by atoms with E-state index in [4.69, 9.17) is 9.47 Å². The molecule has 2 aliphatic heterocycles. The molecule has 1 aromatic heterocycles. The van der Waals surface area contributed by atoms with Crippen LogP contribution in [0.15, 0.2) is 48.5 Å². The van der Waals surface area contributed by atoms with E-state index in [1.54, 1.807) is 6.07 Å². The maximum atomic E-state index is 12.7. The lowest BCUT2D eigenvalue weighted by molar-refractivity contribution is -0.139. The first-order valence-electron chi connectivity index (χ1n) is 9.29. The first-order valence-corrected chi connectivity index (χ1v) is 9.29. The van der Waals surface area contributed by atoms with Crippen molar-refractivity contribution in [3.05, 3.63) is 54.2 Å². The zero-order valence-electron chi connectivity index (χ0n) is 14.8. The van der Waals surface area contributed by atoms with Crippen molar-refractivity contribution in [1.82, 2.24) is 10.3 Å². The summed E-state index contributed by atoms with van der Waals surface area (Å²) in [6.45, 7) is 2.16. The number of pyridine rings is 1. The molecule has 5 heteroatoms. The molecular weight excluding hydrogens is 328 g/mol. The Bertz CT molecular complexity index is 751. The first kappa shape index (κ1) is 17.2. The number of nitrogens with one attached hydrogen (secondary N) is 1. The molecule has 26 heavy (non-hydrogen) atoms. The quantitative estimate of drug-likeness (QED) is 0.921. The summed E-state index contributed by atoms with van der Waals surface area (Å²) in [5, 5.41) is 3.16. The molecule has 2 aliphatic rings. The topological polar surface area (TPSA) is 60.5 Å². The summed E-state index contributed by atoms with van der Waals surface area (Å²) in [6, 6.07) is 15.6. The largest absolute Gasteiger partial charge is 0.381 e. The van der Waals surface area contributed by atoms with Crippen molar-refractivity contribution in [1.29, 1.82) is 0 Å². The van der Waals surface area contributed by atoms with Gasteiger partial charge in [-0.15, -0.1) is 0 Å². The van der Waals surface area contributed by atoms with Gasteiger partial charge in [-0.2, -0.15) is 0 Å². The van der Waals surface area contributed by atoms with Crippen molar-refractivity contribution in [2.45, 2.75) is 37.3 Å². The van der Waals surface area contributed by atoms with Gasteiger partial charge in [0.25, 0.3) is 5.91 Å². The molecule has 5 nitrogen and oxygen atoms in total. The number of carbonyl (C=O) groups excluding carboxylic acids is 1. The Balaban J connectivity index is 1.45. The Hall–Kier alpha value is -2.24. The molecule has 4 rings (SSSR count). The minimum absolute atomic E-state index is 0.114. The fourth-order valence-electron chi connectivity index (χ4n) is 3.83. The highest BCUT2D eigenvalue weighted by Gasteiger charge is 2.39. The molecule has 2 aromatic rings. The Labute approximate surface area is 153 Å². The molecule has 0 unspecified atom stereocenters. The third-order valence-corrected chi connectivity index (χ3v) is 5.28. The second-order valence-corrected chi connectivity index (χ2v) is 7.08. The summed E-state index contributed by atoms with van der Waals surface area (Å²) in [4.78, 5) is 17.3. The van der Waals surface area contributed by atoms with E-state index in [9.17, 15) is 4.79 Å². The molecule has 0 bridgehead atoms. The van der Waals surface area contributed by atoms with Crippen LogP contribution in [0.25, 0.3) is 11.3 Å². The highest BCUT2D eigenvalue weighted by Crippen LogP contribution is 2.34. The number of rotatable bonds is 3. The molecule has 136 valence electrons. The summed E-state index contributed by atoms with van der Waals surface area (Å²) in [5.74, 6) is -0.114. The predicted octanol–water partition coefficient (Wildman–Crippen LogP) is 3.21. The minimum Gasteiger partial charge on any atom is -0.381 e. The SMILES string of the molecule is O=C(N[C@@H]1CCOC2(CCOCC2)C1)c1cccc(-c2ccccc2)n1. The van der Waals surface area contributed by atoms with E-state index in [0.29, 0.717) is 12.3 Å². The van der Waals surface area contributed by atoms with Crippen molar-refractivity contribution in [2.24, 2.45) is 0 Å². The Morgan fingerprint density at radius 3 is 2.65 bits per heavy atom. The number of carbonyl (C=O) groups is 1. The van der Waals surface area contributed by atoms with Gasteiger partial charge in [-0.25, -0.2) is 4.98 Å². The molecular formula is C21H24N2O3. The monoisotopic (exact) mass is 352 g/mol. The fourth-order valence-corrected chi connectivity index (χ4v) is 3.83. The van der Waals surface area contributed by atoms with Crippen LogP contribution < -0.4 is 5.32 Å². The third kappa shape index (κ3) is 3.79. The lowest BCUT2D eigenvalue weighted by Gasteiger charge is -2.43. The number of benzene rings is 1. The molecule has 1 aromatic carbocycles. The maximum absolute atomic E-state index is 12.7. The van der Waals surface area contributed by atoms with Gasteiger partial charge in [0.2, 0.25) is 0 Å². The van der Waals surface area contributed by atoms with E-state index in [2.05, 4.69) is 10.3 Å². The average molecular weight is 352 g/mol. The van der Waals surface area contributed by atoms with Crippen LogP contribution in [0.3, 0.4) is 0 Å². The molecule has 0 radical (unpaired) electrons. The van der Waals surface area contributed by atoms with E-state index in [0.717, 1.165) is 50.2 Å². The van der Waals surface area contributed by atoms with Crippen LogP contribution in [0.2, 0.25) is 0 Å². The van der Waals surface area contributed by atoms with Gasteiger partial charge >= 0.3 is 0 Å². The van der Waals surface area contributed by atoms with E-state index in [1.165, 1.54) is 0 Å². The Morgan fingerprint density at radius 1 is 1.04 bits per heavy atom. The second-order valence-electron chi connectivity index (χ2n) is 7.08. The van der Waals surface area contributed by atoms with Crippen molar-refractivity contribution in [3.63, 3.8) is 0 Å². The van der Waals surface area contributed by atoms with Crippen molar-refractivity contribution in [3.8, 4) is 11.3 Å². The molecule has 1 spiro atoms. The standard InChI is InChI=1S/C21H24N2O3/c24-20(19-8-4-7-18(23-19)16-5-2-1-3-6-16)22-17-9-12-26-21(15-17)10-13-25-14-11-21/h1-8,17H,9-15H2,(H,22,24)/t17-/m1/s1. The first-order chi connectivity index (χ1) is 12.7. The normalized spacial score (nSPS) is 22.1. The van der Waals surface area contributed by atoms with Gasteiger partial charge in [0, 0.05) is 31.4 Å². The van der Waals surface area contributed by atoms with Crippen LogP contribution in [0.5, 0.6) is 0 Å².